The smallest absolute Gasteiger partial charge is 0.310 e. The number of ether oxygens (including phenoxy) is 1. The maximum absolute atomic E-state index is 11.9. The molecule has 0 saturated carbocycles. The molecule has 1 N–H and O–H groups in total. The molecule has 1 aliphatic heterocycles. The second-order valence-corrected chi connectivity index (χ2v) is 6.50. The molecule has 140 valence electrons. The number of carbonyl (C=O) groups excluding carboxylic acids is 1. The molecule has 0 bridgehead atoms. The summed E-state index contributed by atoms with van der Waals surface area (Å²) in [7, 11) is 1.45. The van der Waals surface area contributed by atoms with Crippen molar-refractivity contribution in [3.8, 4) is 0 Å². The first kappa shape index (κ1) is 22.0. The average molecular weight is 480 g/mol. The number of aliphatic imine (C=N–C) groups is 1. The van der Waals surface area contributed by atoms with Gasteiger partial charge in [0.05, 0.1) is 13.0 Å². The normalized spacial score (nSPS) is 20.2. The van der Waals surface area contributed by atoms with Gasteiger partial charge in [-0.05, 0) is 30.9 Å². The molecule has 0 spiro atoms. The number of nitrogens with one attached hydrogen (secondary N) is 1. The van der Waals surface area contributed by atoms with Gasteiger partial charge < -0.3 is 15.0 Å². The van der Waals surface area contributed by atoms with Gasteiger partial charge in [-0.15, -0.1) is 24.0 Å². The van der Waals surface area contributed by atoms with Crippen LogP contribution in [-0.4, -0.2) is 50.1 Å². The summed E-state index contributed by atoms with van der Waals surface area (Å²) >= 11 is 6.19. The molecule has 1 aromatic carbocycles. The molecule has 1 fully saturated rings. The van der Waals surface area contributed by atoms with Crippen molar-refractivity contribution in [3.05, 3.63) is 34.9 Å². The highest BCUT2D eigenvalue weighted by Crippen LogP contribution is 2.24. The number of methoxy groups -OCH3 is 1. The van der Waals surface area contributed by atoms with Gasteiger partial charge in [-0.2, -0.15) is 0 Å². The Kier molecular flexibility index (Phi) is 9.56. The van der Waals surface area contributed by atoms with E-state index in [9.17, 15) is 4.79 Å². The van der Waals surface area contributed by atoms with Crippen LogP contribution in [0.3, 0.4) is 0 Å². The molecule has 0 aliphatic carbocycles. The van der Waals surface area contributed by atoms with Crippen molar-refractivity contribution in [2.45, 2.75) is 20.3 Å². The predicted octanol–water partition coefficient (Wildman–Crippen LogP) is 3.21. The van der Waals surface area contributed by atoms with E-state index in [1.54, 1.807) is 0 Å². The molecule has 0 radical (unpaired) electrons. The summed E-state index contributed by atoms with van der Waals surface area (Å²) in [6.45, 7) is 7.01. The minimum atomic E-state index is -0.142. The van der Waals surface area contributed by atoms with Gasteiger partial charge in [0, 0.05) is 31.2 Å². The third-order valence-corrected chi connectivity index (χ3v) is 4.72. The Bertz CT molecular complexity index is 597. The van der Waals surface area contributed by atoms with Crippen molar-refractivity contribution in [1.82, 2.24) is 10.2 Å². The molecule has 1 heterocycles. The molecule has 1 saturated heterocycles. The largest absolute Gasteiger partial charge is 0.469 e. The molecular formula is C18H27ClIN3O2. The molecule has 1 aromatic rings. The van der Waals surface area contributed by atoms with Crippen molar-refractivity contribution in [2.24, 2.45) is 16.8 Å². The molecule has 2 unspecified atom stereocenters. The van der Waals surface area contributed by atoms with Gasteiger partial charge in [-0.3, -0.25) is 9.79 Å². The molecule has 2 atom stereocenters. The SMILES string of the molecule is CCNC(=NCCc1ccccc1Cl)N1CC(C)C(C(=O)OC)C1.I. The van der Waals surface area contributed by atoms with E-state index in [0.717, 1.165) is 36.1 Å². The highest BCUT2D eigenvalue weighted by molar-refractivity contribution is 14.0. The molecule has 0 amide bonds. The van der Waals surface area contributed by atoms with Gasteiger partial charge in [0.15, 0.2) is 5.96 Å². The monoisotopic (exact) mass is 479 g/mol. The van der Waals surface area contributed by atoms with Crippen molar-refractivity contribution >= 4 is 47.5 Å². The number of halogens is 2. The van der Waals surface area contributed by atoms with E-state index in [0.29, 0.717) is 13.1 Å². The summed E-state index contributed by atoms with van der Waals surface area (Å²) < 4.78 is 4.90. The zero-order chi connectivity index (χ0) is 17.5. The van der Waals surface area contributed by atoms with Crippen LogP contribution in [-0.2, 0) is 16.0 Å². The van der Waals surface area contributed by atoms with Crippen LogP contribution in [0.5, 0.6) is 0 Å². The lowest BCUT2D eigenvalue weighted by Crippen LogP contribution is -2.40. The summed E-state index contributed by atoms with van der Waals surface area (Å²) in [4.78, 5) is 18.7. The lowest BCUT2D eigenvalue weighted by molar-refractivity contribution is -0.145. The Balaban J connectivity index is 0.00000312. The number of nitrogens with zero attached hydrogens (tertiary/aromatic N) is 2. The van der Waals surface area contributed by atoms with E-state index in [2.05, 4.69) is 17.1 Å². The van der Waals surface area contributed by atoms with E-state index >= 15 is 0 Å². The fraction of sp³-hybridized carbons (Fsp3) is 0.556. The first-order chi connectivity index (χ1) is 11.6. The van der Waals surface area contributed by atoms with E-state index in [1.165, 1.54) is 7.11 Å². The van der Waals surface area contributed by atoms with Crippen molar-refractivity contribution < 1.29 is 9.53 Å². The van der Waals surface area contributed by atoms with E-state index < -0.39 is 0 Å². The zero-order valence-corrected chi connectivity index (χ0v) is 18.1. The van der Waals surface area contributed by atoms with Crippen molar-refractivity contribution in [1.29, 1.82) is 0 Å². The highest BCUT2D eigenvalue weighted by Gasteiger charge is 2.36. The Morgan fingerprint density at radius 1 is 1.40 bits per heavy atom. The molecule has 7 heteroatoms. The van der Waals surface area contributed by atoms with Gasteiger partial charge in [0.1, 0.15) is 0 Å². The molecule has 5 nitrogen and oxygen atoms in total. The van der Waals surface area contributed by atoms with Crippen LogP contribution in [0.2, 0.25) is 5.02 Å². The van der Waals surface area contributed by atoms with Crippen molar-refractivity contribution in [3.63, 3.8) is 0 Å². The minimum absolute atomic E-state index is 0. The number of guanidine groups is 1. The maximum Gasteiger partial charge on any atom is 0.310 e. The van der Waals surface area contributed by atoms with Crippen LogP contribution in [0.4, 0.5) is 0 Å². The fourth-order valence-electron chi connectivity index (χ4n) is 3.01. The number of rotatable bonds is 5. The number of hydrogen-bond donors (Lipinski definition) is 1. The Morgan fingerprint density at radius 3 is 2.76 bits per heavy atom. The average Bonchev–Trinajstić information content (AvgIpc) is 2.96. The second-order valence-electron chi connectivity index (χ2n) is 6.09. The summed E-state index contributed by atoms with van der Waals surface area (Å²) in [6, 6.07) is 7.84. The van der Waals surface area contributed by atoms with Gasteiger partial charge in [-0.1, -0.05) is 36.7 Å². The summed E-state index contributed by atoms with van der Waals surface area (Å²) in [5.74, 6) is 0.868. The lowest BCUT2D eigenvalue weighted by atomic mass is 9.99. The van der Waals surface area contributed by atoms with Crippen molar-refractivity contribution in [2.75, 3.05) is 33.3 Å². The topological polar surface area (TPSA) is 53.9 Å². The standard InChI is InChI=1S/C18H26ClN3O2.HI/c1-4-20-18(21-10-9-14-7-5-6-8-16(14)19)22-11-13(2)15(12-22)17(23)24-3;/h5-8,13,15H,4,9-12H2,1-3H3,(H,20,21);1H. The van der Waals surface area contributed by atoms with E-state index in [-0.39, 0.29) is 41.8 Å². The Hall–Kier alpha value is -1.02. The number of likely N-dealkylation sites (tertiary alicyclic amines) is 1. The quantitative estimate of drug-likeness (QED) is 0.305. The molecule has 25 heavy (non-hydrogen) atoms. The van der Waals surface area contributed by atoms with Gasteiger partial charge in [0.25, 0.3) is 0 Å². The number of benzene rings is 1. The maximum atomic E-state index is 11.9. The third kappa shape index (κ3) is 6.02. The van der Waals surface area contributed by atoms with Crippen LogP contribution >= 0.6 is 35.6 Å². The summed E-state index contributed by atoms with van der Waals surface area (Å²) in [5.41, 5.74) is 1.10. The molecule has 1 aliphatic rings. The van der Waals surface area contributed by atoms with Crippen LogP contribution in [0.15, 0.2) is 29.3 Å². The molecular weight excluding hydrogens is 453 g/mol. The second kappa shape index (κ2) is 10.9. The highest BCUT2D eigenvalue weighted by atomic mass is 127. The summed E-state index contributed by atoms with van der Waals surface area (Å²) in [5, 5.41) is 4.09. The first-order valence-corrected chi connectivity index (χ1v) is 8.79. The van der Waals surface area contributed by atoms with Crippen LogP contribution in [0.1, 0.15) is 19.4 Å². The first-order valence-electron chi connectivity index (χ1n) is 8.41. The van der Waals surface area contributed by atoms with Gasteiger partial charge in [0.2, 0.25) is 0 Å². The molecule has 2 rings (SSSR count). The van der Waals surface area contributed by atoms with Crippen LogP contribution < -0.4 is 5.32 Å². The predicted molar refractivity (Wildman–Crippen MR) is 113 cm³/mol. The van der Waals surface area contributed by atoms with E-state index in [4.69, 9.17) is 21.3 Å². The summed E-state index contributed by atoms with van der Waals surface area (Å²) in [6.07, 6.45) is 0.790. The number of hydrogen-bond acceptors (Lipinski definition) is 3. The fourth-order valence-corrected chi connectivity index (χ4v) is 3.24. The van der Waals surface area contributed by atoms with Gasteiger partial charge >= 0.3 is 5.97 Å². The molecule has 0 aromatic heterocycles. The van der Waals surface area contributed by atoms with Crippen LogP contribution in [0.25, 0.3) is 0 Å². The Labute approximate surface area is 172 Å². The Morgan fingerprint density at radius 2 is 2.12 bits per heavy atom. The number of carbonyl (C=O) groups is 1. The van der Waals surface area contributed by atoms with E-state index in [1.807, 2.05) is 31.2 Å². The minimum Gasteiger partial charge on any atom is -0.469 e. The van der Waals surface area contributed by atoms with Crippen LogP contribution in [0, 0.1) is 11.8 Å². The third-order valence-electron chi connectivity index (χ3n) is 4.35. The zero-order valence-electron chi connectivity index (χ0n) is 15.0. The lowest BCUT2D eigenvalue weighted by Gasteiger charge is -2.21. The number of esters is 1. The van der Waals surface area contributed by atoms with Gasteiger partial charge in [-0.25, -0.2) is 0 Å².